The summed E-state index contributed by atoms with van der Waals surface area (Å²) in [6, 6.07) is 8.45. The lowest BCUT2D eigenvalue weighted by Gasteiger charge is -2.33. The molecule has 3 rings (SSSR count). The van der Waals surface area contributed by atoms with Gasteiger partial charge in [-0.1, -0.05) is 18.2 Å². The van der Waals surface area contributed by atoms with Gasteiger partial charge in [0.05, 0.1) is 12.3 Å². The molecule has 4 nitrogen and oxygen atoms in total. The van der Waals surface area contributed by atoms with Crippen LogP contribution in [0.5, 0.6) is 0 Å². The Kier molecular flexibility index (Phi) is 4.41. The molecule has 1 fully saturated rings. The van der Waals surface area contributed by atoms with E-state index in [4.69, 9.17) is 0 Å². The van der Waals surface area contributed by atoms with Gasteiger partial charge in [-0.05, 0) is 25.8 Å². The molecule has 0 unspecified atom stereocenters. The summed E-state index contributed by atoms with van der Waals surface area (Å²) in [6.07, 6.45) is 2.19. The molecule has 112 valence electrons. The molecule has 0 amide bonds. The summed E-state index contributed by atoms with van der Waals surface area (Å²) >= 11 is 1.73. The second-order valence-corrected chi connectivity index (χ2v) is 6.33. The number of nitrogens with one attached hydrogen (secondary N) is 1. The van der Waals surface area contributed by atoms with Gasteiger partial charge in [-0.25, -0.2) is 4.98 Å². The molecule has 0 bridgehead atoms. The van der Waals surface area contributed by atoms with Gasteiger partial charge in [0.15, 0.2) is 5.13 Å². The van der Waals surface area contributed by atoms with E-state index >= 15 is 0 Å². The number of thiazole rings is 1. The van der Waals surface area contributed by atoms with Crippen molar-refractivity contribution in [3.05, 3.63) is 40.9 Å². The SMILES string of the molecule is Cc1csc(N2CCC(Nc3ccccc3CO)CC2)n1. The van der Waals surface area contributed by atoms with Gasteiger partial charge >= 0.3 is 0 Å². The lowest BCUT2D eigenvalue weighted by molar-refractivity contribution is 0.282. The monoisotopic (exact) mass is 303 g/mol. The summed E-state index contributed by atoms with van der Waals surface area (Å²) in [7, 11) is 0. The highest BCUT2D eigenvalue weighted by Gasteiger charge is 2.21. The van der Waals surface area contributed by atoms with Crippen molar-refractivity contribution in [1.82, 2.24) is 4.98 Å². The molecular weight excluding hydrogens is 282 g/mol. The number of aryl methyl sites for hydroxylation is 1. The molecule has 1 aromatic heterocycles. The Hall–Kier alpha value is -1.59. The fraction of sp³-hybridized carbons (Fsp3) is 0.438. The standard InChI is InChI=1S/C16H21N3OS/c1-12-11-21-16(17-12)19-8-6-14(7-9-19)18-15-5-3-2-4-13(15)10-20/h2-5,11,14,18,20H,6-10H2,1H3. The highest BCUT2D eigenvalue weighted by molar-refractivity contribution is 7.13. The molecule has 1 aromatic carbocycles. The molecule has 0 atom stereocenters. The smallest absolute Gasteiger partial charge is 0.185 e. The van der Waals surface area contributed by atoms with Crippen molar-refractivity contribution >= 4 is 22.2 Å². The van der Waals surface area contributed by atoms with Gasteiger partial charge in [0.1, 0.15) is 0 Å². The number of para-hydroxylation sites is 1. The van der Waals surface area contributed by atoms with E-state index in [-0.39, 0.29) is 6.61 Å². The first-order valence-electron chi connectivity index (χ1n) is 7.38. The van der Waals surface area contributed by atoms with E-state index in [1.807, 2.05) is 31.2 Å². The molecule has 0 aliphatic carbocycles. The van der Waals surface area contributed by atoms with Crippen LogP contribution in [0.15, 0.2) is 29.6 Å². The van der Waals surface area contributed by atoms with Crippen LogP contribution < -0.4 is 10.2 Å². The number of hydrogen-bond acceptors (Lipinski definition) is 5. The summed E-state index contributed by atoms with van der Waals surface area (Å²) < 4.78 is 0. The predicted octanol–water partition coefficient (Wildman–Crippen LogP) is 3.02. The number of aromatic nitrogens is 1. The topological polar surface area (TPSA) is 48.4 Å². The third-order valence-electron chi connectivity index (χ3n) is 3.92. The second-order valence-electron chi connectivity index (χ2n) is 5.49. The van der Waals surface area contributed by atoms with Crippen LogP contribution in [0, 0.1) is 6.92 Å². The Morgan fingerprint density at radius 3 is 2.76 bits per heavy atom. The predicted molar refractivity (Wildman–Crippen MR) is 88.1 cm³/mol. The molecule has 1 saturated heterocycles. The first-order chi connectivity index (χ1) is 10.3. The number of rotatable bonds is 4. The van der Waals surface area contributed by atoms with Crippen molar-refractivity contribution in [2.45, 2.75) is 32.4 Å². The van der Waals surface area contributed by atoms with Gasteiger partial charge in [-0.15, -0.1) is 11.3 Å². The first kappa shape index (κ1) is 14.4. The summed E-state index contributed by atoms with van der Waals surface area (Å²) in [5, 5.41) is 16.2. The Bertz CT molecular complexity index is 591. The van der Waals surface area contributed by atoms with Crippen LogP contribution in [0.25, 0.3) is 0 Å². The Morgan fingerprint density at radius 1 is 1.33 bits per heavy atom. The second kappa shape index (κ2) is 6.45. The molecule has 1 aliphatic heterocycles. The minimum Gasteiger partial charge on any atom is -0.392 e. The highest BCUT2D eigenvalue weighted by atomic mass is 32.1. The minimum atomic E-state index is 0.0837. The fourth-order valence-electron chi connectivity index (χ4n) is 2.72. The maximum atomic E-state index is 9.39. The van der Waals surface area contributed by atoms with E-state index in [1.54, 1.807) is 11.3 Å². The number of nitrogens with zero attached hydrogens (tertiary/aromatic N) is 2. The van der Waals surface area contributed by atoms with Crippen LogP contribution in [0.3, 0.4) is 0 Å². The molecule has 0 saturated carbocycles. The summed E-state index contributed by atoms with van der Waals surface area (Å²) in [4.78, 5) is 6.93. The summed E-state index contributed by atoms with van der Waals surface area (Å²) in [6.45, 7) is 4.19. The van der Waals surface area contributed by atoms with Crippen LogP contribution in [0.1, 0.15) is 24.1 Å². The third kappa shape index (κ3) is 3.36. The first-order valence-corrected chi connectivity index (χ1v) is 8.26. The zero-order valence-electron chi connectivity index (χ0n) is 12.2. The van der Waals surface area contributed by atoms with Crippen molar-refractivity contribution in [3.63, 3.8) is 0 Å². The van der Waals surface area contributed by atoms with Crippen molar-refractivity contribution in [2.75, 3.05) is 23.3 Å². The van der Waals surface area contributed by atoms with Gasteiger partial charge in [0.2, 0.25) is 0 Å². The maximum absolute atomic E-state index is 9.39. The van der Waals surface area contributed by atoms with Crippen LogP contribution >= 0.6 is 11.3 Å². The number of aliphatic hydroxyl groups excluding tert-OH is 1. The van der Waals surface area contributed by atoms with Crippen molar-refractivity contribution in [3.8, 4) is 0 Å². The van der Waals surface area contributed by atoms with Crippen molar-refractivity contribution < 1.29 is 5.11 Å². The molecule has 21 heavy (non-hydrogen) atoms. The van der Waals surface area contributed by atoms with Crippen molar-refractivity contribution in [2.24, 2.45) is 0 Å². The minimum absolute atomic E-state index is 0.0837. The average Bonchev–Trinajstić information content (AvgIpc) is 2.95. The third-order valence-corrected chi connectivity index (χ3v) is 4.94. The molecule has 1 aliphatic rings. The fourth-order valence-corrected chi connectivity index (χ4v) is 3.58. The maximum Gasteiger partial charge on any atom is 0.185 e. The van der Waals surface area contributed by atoms with Gasteiger partial charge < -0.3 is 15.3 Å². The van der Waals surface area contributed by atoms with E-state index in [0.29, 0.717) is 6.04 Å². The Balaban J connectivity index is 1.58. The number of benzene rings is 1. The van der Waals surface area contributed by atoms with E-state index in [2.05, 4.69) is 20.6 Å². The molecule has 2 heterocycles. The lowest BCUT2D eigenvalue weighted by atomic mass is 10.0. The number of hydrogen-bond donors (Lipinski definition) is 2. The van der Waals surface area contributed by atoms with Gasteiger partial charge in [0, 0.05) is 35.8 Å². The molecule has 0 radical (unpaired) electrons. The zero-order valence-corrected chi connectivity index (χ0v) is 13.1. The Morgan fingerprint density at radius 2 is 2.10 bits per heavy atom. The van der Waals surface area contributed by atoms with Crippen LogP contribution in [-0.2, 0) is 6.61 Å². The molecule has 5 heteroatoms. The summed E-state index contributed by atoms with van der Waals surface area (Å²) in [5.41, 5.74) is 3.13. The normalized spacial score (nSPS) is 16.2. The number of anilines is 2. The molecule has 2 N–H and O–H groups in total. The molecule has 2 aromatic rings. The molecular formula is C16H21N3OS. The largest absolute Gasteiger partial charge is 0.392 e. The van der Waals surface area contributed by atoms with E-state index in [0.717, 1.165) is 48.0 Å². The van der Waals surface area contributed by atoms with E-state index in [1.165, 1.54) is 0 Å². The number of aliphatic hydroxyl groups is 1. The van der Waals surface area contributed by atoms with Crippen molar-refractivity contribution in [1.29, 1.82) is 0 Å². The highest BCUT2D eigenvalue weighted by Crippen LogP contribution is 2.26. The summed E-state index contributed by atoms with van der Waals surface area (Å²) in [5.74, 6) is 0. The molecule has 0 spiro atoms. The zero-order chi connectivity index (χ0) is 14.7. The van der Waals surface area contributed by atoms with Crippen LogP contribution in [0.4, 0.5) is 10.8 Å². The van der Waals surface area contributed by atoms with Gasteiger partial charge in [0.25, 0.3) is 0 Å². The average molecular weight is 303 g/mol. The van der Waals surface area contributed by atoms with Gasteiger partial charge in [-0.3, -0.25) is 0 Å². The van der Waals surface area contributed by atoms with E-state index in [9.17, 15) is 5.11 Å². The number of piperidine rings is 1. The van der Waals surface area contributed by atoms with Gasteiger partial charge in [-0.2, -0.15) is 0 Å². The lowest BCUT2D eigenvalue weighted by Crippen LogP contribution is -2.39. The Labute approximate surface area is 129 Å². The van der Waals surface area contributed by atoms with E-state index < -0.39 is 0 Å². The van der Waals surface area contributed by atoms with Crippen LogP contribution in [0.2, 0.25) is 0 Å². The van der Waals surface area contributed by atoms with Crippen LogP contribution in [-0.4, -0.2) is 29.2 Å². The quantitative estimate of drug-likeness (QED) is 0.911.